The summed E-state index contributed by atoms with van der Waals surface area (Å²) in [5.41, 5.74) is 6.15. The van der Waals surface area contributed by atoms with Gasteiger partial charge in [0.15, 0.2) is 0 Å². The lowest BCUT2D eigenvalue weighted by atomic mass is 9.80. The molecule has 40 heavy (non-hydrogen) atoms. The number of ether oxygens (including phenoxy) is 2. The van der Waals surface area contributed by atoms with Crippen LogP contribution in [0.1, 0.15) is 69.4 Å². The molecule has 0 spiro atoms. The third kappa shape index (κ3) is 5.29. The van der Waals surface area contributed by atoms with Crippen LogP contribution in [0.5, 0.6) is 0 Å². The van der Waals surface area contributed by atoms with Crippen LogP contribution in [0.2, 0.25) is 0 Å². The molecular weight excluding hydrogens is 574 g/mol. The molecule has 2 aliphatic heterocycles. The van der Waals surface area contributed by atoms with Gasteiger partial charge in [0, 0.05) is 47.4 Å². The molecule has 2 aromatic heterocycles. The summed E-state index contributed by atoms with van der Waals surface area (Å²) in [7, 11) is 1.70. The van der Waals surface area contributed by atoms with Crippen LogP contribution in [0.15, 0.2) is 34.9 Å². The minimum Gasteiger partial charge on any atom is -0.465 e. The topological polar surface area (TPSA) is 97.1 Å². The Kier molecular flexibility index (Phi) is 8.30. The van der Waals surface area contributed by atoms with E-state index in [1.165, 1.54) is 5.56 Å². The predicted octanol–water partition coefficient (Wildman–Crippen LogP) is 6.38. The minimum absolute atomic E-state index is 0.0753. The molecule has 3 aromatic rings. The minimum atomic E-state index is -0.866. The maximum absolute atomic E-state index is 12.0. The number of carbonyl (C=O) groups is 1. The largest absolute Gasteiger partial charge is 0.465 e. The lowest BCUT2D eigenvalue weighted by Crippen LogP contribution is -2.58. The number of aromatic nitrogens is 2. The molecule has 4 heterocycles. The fourth-order valence-electron chi connectivity index (χ4n) is 6.59. The third-order valence-electron chi connectivity index (χ3n) is 8.68. The van der Waals surface area contributed by atoms with Gasteiger partial charge in [-0.1, -0.05) is 29.8 Å². The Balaban J connectivity index is 1.70. The summed E-state index contributed by atoms with van der Waals surface area (Å²) in [5.74, 6) is 0.179. The number of methoxy groups -OCH3 is 1. The molecule has 0 aliphatic carbocycles. The Morgan fingerprint density at radius 2 is 1.95 bits per heavy atom. The first-order valence-electron chi connectivity index (χ1n) is 14.1. The van der Waals surface area contributed by atoms with Gasteiger partial charge in [0.2, 0.25) is 0 Å². The second kappa shape index (κ2) is 11.4. The van der Waals surface area contributed by atoms with Gasteiger partial charge in [-0.2, -0.15) is 0 Å². The predicted molar refractivity (Wildman–Crippen MR) is 159 cm³/mol. The number of piperidine rings is 1. The number of hydrogen-bond acceptors (Lipinski definition) is 5. The molecule has 0 radical (unpaired) electrons. The maximum atomic E-state index is 12.0. The average Bonchev–Trinajstić information content (AvgIpc) is 3.22. The molecule has 1 amide bonds. The molecule has 5 rings (SSSR count). The number of benzene rings is 1. The van der Waals surface area contributed by atoms with E-state index in [9.17, 15) is 15.0 Å². The fraction of sp³-hybridized carbons (Fsp3) is 0.548. The molecule has 1 aromatic carbocycles. The zero-order valence-electron chi connectivity index (χ0n) is 24.0. The number of morpholine rings is 1. The van der Waals surface area contributed by atoms with E-state index in [4.69, 9.17) is 14.5 Å². The zero-order valence-corrected chi connectivity index (χ0v) is 25.6. The monoisotopic (exact) mass is 613 g/mol. The Morgan fingerprint density at radius 1 is 1.25 bits per heavy atom. The van der Waals surface area contributed by atoms with Crippen LogP contribution >= 0.6 is 15.9 Å². The quantitative estimate of drug-likeness (QED) is 0.306. The van der Waals surface area contributed by atoms with Crippen molar-refractivity contribution < 1.29 is 24.5 Å². The van der Waals surface area contributed by atoms with Crippen LogP contribution in [0.3, 0.4) is 0 Å². The van der Waals surface area contributed by atoms with Crippen molar-refractivity contribution in [3.8, 4) is 11.3 Å². The number of pyridine rings is 1. The van der Waals surface area contributed by atoms with Crippen LogP contribution in [0, 0.1) is 5.41 Å². The fourth-order valence-corrected chi connectivity index (χ4v) is 6.95. The van der Waals surface area contributed by atoms with Crippen molar-refractivity contribution in [3.05, 3.63) is 51.8 Å². The molecule has 9 heteroatoms. The summed E-state index contributed by atoms with van der Waals surface area (Å²) in [5, 5.41) is 21.2. The highest BCUT2D eigenvalue weighted by Gasteiger charge is 2.42. The summed E-state index contributed by atoms with van der Waals surface area (Å²) in [4.78, 5) is 18.6. The molecule has 216 valence electrons. The summed E-state index contributed by atoms with van der Waals surface area (Å²) in [6.07, 6.45) is 2.98. The summed E-state index contributed by atoms with van der Waals surface area (Å²) in [6.45, 7) is 10.1. The molecule has 2 bridgehead atoms. The van der Waals surface area contributed by atoms with Gasteiger partial charge in [0.25, 0.3) is 0 Å². The highest BCUT2D eigenvalue weighted by Crippen LogP contribution is 2.44. The van der Waals surface area contributed by atoms with Crippen LogP contribution in [0.25, 0.3) is 22.2 Å². The highest BCUT2D eigenvalue weighted by molar-refractivity contribution is 9.10. The second-order valence-electron chi connectivity index (χ2n) is 12.0. The normalized spacial score (nSPS) is 22.1. The van der Waals surface area contributed by atoms with E-state index in [-0.39, 0.29) is 36.1 Å². The molecule has 4 atom stereocenters. The van der Waals surface area contributed by atoms with E-state index < -0.39 is 6.09 Å². The van der Waals surface area contributed by atoms with Crippen molar-refractivity contribution in [2.24, 2.45) is 5.41 Å². The van der Waals surface area contributed by atoms with Crippen molar-refractivity contribution in [2.75, 3.05) is 26.9 Å². The lowest BCUT2D eigenvalue weighted by molar-refractivity contribution is -0.0646. The number of aliphatic hydroxyl groups excluding tert-OH is 1. The van der Waals surface area contributed by atoms with Crippen molar-refractivity contribution in [1.29, 1.82) is 0 Å². The van der Waals surface area contributed by atoms with Gasteiger partial charge < -0.3 is 24.3 Å². The molecule has 2 aliphatic rings. The van der Waals surface area contributed by atoms with E-state index in [0.717, 1.165) is 44.4 Å². The Bertz CT molecular complexity index is 1390. The van der Waals surface area contributed by atoms with Crippen LogP contribution in [-0.4, -0.2) is 69.8 Å². The number of hydrogen-bond donors (Lipinski definition) is 2. The number of rotatable bonds is 8. The second-order valence-corrected chi connectivity index (χ2v) is 12.9. The summed E-state index contributed by atoms with van der Waals surface area (Å²) >= 11 is 3.68. The highest BCUT2D eigenvalue weighted by atomic mass is 79.9. The molecule has 2 fully saturated rings. The molecule has 2 N–H and O–H groups in total. The number of fused-ring (bicyclic) bond motifs is 3. The lowest BCUT2D eigenvalue weighted by Gasteiger charge is -2.47. The zero-order chi connectivity index (χ0) is 28.8. The van der Waals surface area contributed by atoms with E-state index >= 15 is 0 Å². The van der Waals surface area contributed by atoms with Crippen molar-refractivity contribution >= 4 is 32.9 Å². The smallest absolute Gasteiger partial charge is 0.407 e. The van der Waals surface area contributed by atoms with Crippen molar-refractivity contribution in [2.45, 2.75) is 77.6 Å². The molecule has 8 nitrogen and oxygen atoms in total. The van der Waals surface area contributed by atoms with Gasteiger partial charge in [-0.3, -0.25) is 9.88 Å². The van der Waals surface area contributed by atoms with Crippen LogP contribution in [-0.2, 0) is 22.4 Å². The van der Waals surface area contributed by atoms with Crippen LogP contribution < -0.4 is 0 Å². The maximum Gasteiger partial charge on any atom is 0.407 e. The standard InChI is InChI=1S/C31H40BrN3O5/c1-6-34-27-8-7-21(32)12-24(27)26(13-31(3,4)17-36)29(34)25-11-20(14-33-28(25)18(2)39-5)19-9-22-15-40-16-23(10-19)35(22)30(37)38/h7-8,11-12,14,18-19,22-23,36H,6,9-10,13,15-17H2,1-5H3,(H,37,38)/t18-,19-,22+,23-/m0/s1. The van der Waals surface area contributed by atoms with Gasteiger partial charge >= 0.3 is 6.09 Å². The first kappa shape index (κ1) is 29.0. The van der Waals surface area contributed by atoms with Crippen LogP contribution in [0.4, 0.5) is 4.79 Å². The molecular formula is C31H40BrN3O5. The van der Waals surface area contributed by atoms with Gasteiger partial charge in [0.1, 0.15) is 0 Å². The van der Waals surface area contributed by atoms with E-state index in [1.54, 1.807) is 12.0 Å². The molecule has 0 saturated carbocycles. The number of nitrogens with zero attached hydrogens (tertiary/aromatic N) is 3. The third-order valence-corrected chi connectivity index (χ3v) is 9.17. The number of carboxylic acid groups (broad SMARTS) is 1. The first-order chi connectivity index (χ1) is 19.1. The SMILES string of the molecule is CCn1c(-c2cc([C@@H]3C[C@H]4COC[C@@H](C3)N4C(=O)O)cnc2[C@H](C)OC)c(CC(C)(C)CO)c2cc(Br)ccc21. The van der Waals surface area contributed by atoms with Gasteiger partial charge in [-0.15, -0.1) is 0 Å². The Morgan fingerprint density at radius 3 is 2.55 bits per heavy atom. The molecule has 2 saturated heterocycles. The van der Waals surface area contributed by atoms with Gasteiger partial charge in [0.05, 0.1) is 42.8 Å². The average molecular weight is 615 g/mol. The number of amides is 1. The van der Waals surface area contributed by atoms with E-state index in [1.807, 2.05) is 13.1 Å². The summed E-state index contributed by atoms with van der Waals surface area (Å²) in [6, 6.07) is 8.35. The Labute approximate surface area is 244 Å². The van der Waals surface area contributed by atoms with E-state index in [0.29, 0.717) is 32.5 Å². The van der Waals surface area contributed by atoms with Gasteiger partial charge in [-0.05, 0) is 79.8 Å². The van der Waals surface area contributed by atoms with Crippen molar-refractivity contribution in [1.82, 2.24) is 14.5 Å². The first-order valence-corrected chi connectivity index (χ1v) is 14.9. The van der Waals surface area contributed by atoms with Crippen molar-refractivity contribution in [3.63, 3.8) is 0 Å². The molecule has 0 unspecified atom stereocenters. The summed E-state index contributed by atoms with van der Waals surface area (Å²) < 4.78 is 14.9. The number of aliphatic hydroxyl groups is 1. The number of halogens is 1. The Hall–Kier alpha value is -2.46. The van der Waals surface area contributed by atoms with E-state index in [2.05, 4.69) is 65.5 Å². The number of aryl methyl sites for hydroxylation is 1. The van der Waals surface area contributed by atoms with Gasteiger partial charge in [-0.25, -0.2) is 4.79 Å².